The van der Waals surface area contributed by atoms with Crippen LogP contribution in [0.15, 0.2) is 24.3 Å². The van der Waals surface area contributed by atoms with Gasteiger partial charge in [-0.3, -0.25) is 0 Å². The Kier molecular flexibility index (Phi) is 31.2. The minimum absolute atomic E-state index is 0.470. The van der Waals surface area contributed by atoms with Crippen LogP contribution in [-0.2, 0) is 4.74 Å². The quantitative estimate of drug-likeness (QED) is 0.0678. The highest BCUT2D eigenvalue weighted by Crippen LogP contribution is 2.19. The highest BCUT2D eigenvalue weighted by molar-refractivity contribution is 4.82. The van der Waals surface area contributed by atoms with Gasteiger partial charge in [0.25, 0.3) is 0 Å². The molecule has 0 saturated heterocycles. The minimum atomic E-state index is 0.470. The molecule has 0 aliphatic rings. The molecule has 0 fully saturated rings. The molecule has 0 amide bonds. The third-order valence-corrected chi connectivity index (χ3v) is 7.87. The summed E-state index contributed by atoms with van der Waals surface area (Å²) in [5.74, 6) is 0. The summed E-state index contributed by atoms with van der Waals surface area (Å²) in [6.45, 7) is 9.19. The molecule has 0 aromatic rings. The lowest BCUT2D eigenvalue weighted by atomic mass is 10.0. The number of unbranched alkanes of at least 4 members (excludes halogenated alkanes) is 18. The summed E-state index contributed by atoms with van der Waals surface area (Å²) in [5, 5.41) is 0. The van der Waals surface area contributed by atoms with Gasteiger partial charge >= 0.3 is 0 Å². The summed E-state index contributed by atoms with van der Waals surface area (Å²) < 4.78 is 6.54. The van der Waals surface area contributed by atoms with E-state index < -0.39 is 0 Å². The smallest absolute Gasteiger partial charge is 0.0576 e. The van der Waals surface area contributed by atoms with Gasteiger partial charge in [-0.1, -0.05) is 142 Å². The molecule has 0 aromatic heterocycles. The zero-order valence-corrected chi connectivity index (χ0v) is 26.3. The Bertz CT molecular complexity index is 423. The molecule has 0 aromatic carbocycles. The van der Waals surface area contributed by atoms with Gasteiger partial charge in [-0.05, 0) is 77.0 Å². The van der Waals surface area contributed by atoms with Crippen molar-refractivity contribution in [1.82, 2.24) is 0 Å². The van der Waals surface area contributed by atoms with Crippen molar-refractivity contribution in [3.8, 4) is 0 Å². The van der Waals surface area contributed by atoms with Gasteiger partial charge in [-0.2, -0.15) is 0 Å². The van der Waals surface area contributed by atoms with Crippen molar-refractivity contribution in [2.24, 2.45) is 0 Å². The van der Waals surface area contributed by atoms with E-state index in [9.17, 15) is 0 Å². The van der Waals surface area contributed by atoms with Crippen LogP contribution >= 0.6 is 0 Å². The van der Waals surface area contributed by atoms with Crippen LogP contribution in [-0.4, -0.2) is 12.2 Å². The fourth-order valence-corrected chi connectivity index (χ4v) is 5.19. The first-order chi connectivity index (χ1) is 18.3. The number of rotatable bonds is 30. The van der Waals surface area contributed by atoms with Crippen molar-refractivity contribution >= 4 is 0 Å². The monoisotopic (exact) mass is 519 g/mol. The summed E-state index contributed by atoms with van der Waals surface area (Å²) in [4.78, 5) is 0. The largest absolute Gasteiger partial charge is 0.375 e. The molecule has 220 valence electrons. The van der Waals surface area contributed by atoms with Crippen molar-refractivity contribution < 1.29 is 4.74 Å². The first kappa shape index (κ1) is 36.4. The van der Waals surface area contributed by atoms with E-state index in [1.165, 1.54) is 154 Å². The maximum Gasteiger partial charge on any atom is 0.0576 e. The van der Waals surface area contributed by atoms with E-state index in [-0.39, 0.29) is 0 Å². The molecule has 0 heterocycles. The summed E-state index contributed by atoms with van der Waals surface area (Å²) in [5.41, 5.74) is 0. The molecule has 0 N–H and O–H groups in total. The zero-order valence-electron chi connectivity index (χ0n) is 26.3. The number of hydrogen-bond donors (Lipinski definition) is 0. The second kappa shape index (κ2) is 31.7. The second-order valence-corrected chi connectivity index (χ2v) is 11.5. The van der Waals surface area contributed by atoms with Crippen molar-refractivity contribution in [3.05, 3.63) is 24.3 Å². The van der Waals surface area contributed by atoms with Crippen molar-refractivity contribution in [3.63, 3.8) is 0 Å². The third kappa shape index (κ3) is 28.3. The van der Waals surface area contributed by atoms with Gasteiger partial charge in [-0.15, -0.1) is 0 Å². The summed E-state index contributed by atoms with van der Waals surface area (Å²) in [6, 6.07) is 0. The lowest BCUT2D eigenvalue weighted by Gasteiger charge is -2.23. The van der Waals surface area contributed by atoms with Gasteiger partial charge < -0.3 is 4.74 Å². The van der Waals surface area contributed by atoms with Gasteiger partial charge in [-0.25, -0.2) is 0 Å². The molecule has 0 bridgehead atoms. The molecule has 0 saturated carbocycles. The molecule has 0 radical (unpaired) electrons. The lowest BCUT2D eigenvalue weighted by Crippen LogP contribution is -2.21. The van der Waals surface area contributed by atoms with Gasteiger partial charge in [0, 0.05) is 0 Å². The first-order valence-corrected chi connectivity index (χ1v) is 17.2. The SMILES string of the molecule is CCCCCCCCC=CCCCCCC(CC)OC(CC)CCCCCC=CCCCCCCCC. The molecule has 37 heavy (non-hydrogen) atoms. The average Bonchev–Trinajstić information content (AvgIpc) is 2.92. The second-order valence-electron chi connectivity index (χ2n) is 11.5. The number of hydrogen-bond acceptors (Lipinski definition) is 1. The van der Waals surface area contributed by atoms with Crippen molar-refractivity contribution in [2.75, 3.05) is 0 Å². The number of allylic oxidation sites excluding steroid dienone is 4. The van der Waals surface area contributed by atoms with Crippen LogP contribution in [0.2, 0.25) is 0 Å². The van der Waals surface area contributed by atoms with E-state index in [1.54, 1.807) is 0 Å². The zero-order chi connectivity index (χ0) is 27.1. The Labute approximate surface area is 235 Å². The normalized spacial score (nSPS) is 13.7. The molecule has 1 nitrogen and oxygen atoms in total. The maximum absolute atomic E-state index is 6.54. The molecule has 0 spiro atoms. The van der Waals surface area contributed by atoms with Gasteiger partial charge in [0.1, 0.15) is 0 Å². The van der Waals surface area contributed by atoms with Crippen LogP contribution in [0.4, 0.5) is 0 Å². The van der Waals surface area contributed by atoms with E-state index in [0.717, 1.165) is 12.8 Å². The van der Waals surface area contributed by atoms with Crippen LogP contribution in [0.1, 0.15) is 195 Å². The van der Waals surface area contributed by atoms with Crippen molar-refractivity contribution in [2.45, 2.75) is 207 Å². The first-order valence-electron chi connectivity index (χ1n) is 17.2. The molecule has 2 unspecified atom stereocenters. The highest BCUT2D eigenvalue weighted by atomic mass is 16.5. The van der Waals surface area contributed by atoms with Gasteiger partial charge in [0.15, 0.2) is 0 Å². The summed E-state index contributed by atoms with van der Waals surface area (Å²) in [7, 11) is 0. The van der Waals surface area contributed by atoms with Crippen LogP contribution in [0.5, 0.6) is 0 Å². The molecular formula is C36H70O. The molecular weight excluding hydrogens is 448 g/mol. The Balaban J connectivity index is 3.65. The minimum Gasteiger partial charge on any atom is -0.375 e. The Morgan fingerprint density at radius 2 is 0.676 bits per heavy atom. The molecule has 0 aliphatic heterocycles. The van der Waals surface area contributed by atoms with Crippen molar-refractivity contribution in [1.29, 1.82) is 0 Å². The van der Waals surface area contributed by atoms with E-state index >= 15 is 0 Å². The maximum atomic E-state index is 6.54. The molecule has 0 aliphatic carbocycles. The number of ether oxygens (including phenoxy) is 1. The Morgan fingerprint density at radius 3 is 1.00 bits per heavy atom. The Hall–Kier alpha value is -0.560. The molecule has 0 rings (SSSR count). The molecule has 1 heteroatoms. The standard InChI is InChI=1S/C36H70O/c1-5-9-11-13-15-17-19-21-23-25-27-29-31-33-35(7-3)37-36(8-4)34-32-30-28-26-24-22-20-18-16-14-12-10-6-2/h21-24,35-36H,5-20,25-34H2,1-4H3. The highest BCUT2D eigenvalue weighted by Gasteiger charge is 2.13. The van der Waals surface area contributed by atoms with E-state index in [2.05, 4.69) is 52.0 Å². The predicted octanol–water partition coefficient (Wildman–Crippen LogP) is 13.1. The summed E-state index contributed by atoms with van der Waals surface area (Å²) in [6.07, 6.45) is 45.4. The lowest BCUT2D eigenvalue weighted by molar-refractivity contribution is -0.0257. The average molecular weight is 519 g/mol. The van der Waals surface area contributed by atoms with Crippen LogP contribution in [0.3, 0.4) is 0 Å². The van der Waals surface area contributed by atoms with E-state index in [4.69, 9.17) is 4.74 Å². The summed E-state index contributed by atoms with van der Waals surface area (Å²) >= 11 is 0. The van der Waals surface area contributed by atoms with Gasteiger partial charge in [0.05, 0.1) is 12.2 Å². The van der Waals surface area contributed by atoms with Crippen LogP contribution in [0, 0.1) is 0 Å². The van der Waals surface area contributed by atoms with Crippen LogP contribution in [0.25, 0.3) is 0 Å². The Morgan fingerprint density at radius 1 is 0.378 bits per heavy atom. The predicted molar refractivity (Wildman–Crippen MR) is 170 cm³/mol. The fourth-order valence-electron chi connectivity index (χ4n) is 5.19. The fraction of sp³-hybridized carbons (Fsp3) is 0.889. The van der Waals surface area contributed by atoms with E-state index in [0.29, 0.717) is 12.2 Å². The van der Waals surface area contributed by atoms with E-state index in [1.807, 2.05) is 0 Å². The third-order valence-electron chi connectivity index (χ3n) is 7.87. The topological polar surface area (TPSA) is 9.23 Å². The van der Waals surface area contributed by atoms with Gasteiger partial charge in [0.2, 0.25) is 0 Å². The molecule has 2 atom stereocenters. The van der Waals surface area contributed by atoms with Crippen LogP contribution < -0.4 is 0 Å².